The van der Waals surface area contributed by atoms with Gasteiger partial charge in [0.1, 0.15) is 11.6 Å². The summed E-state index contributed by atoms with van der Waals surface area (Å²) in [6.07, 6.45) is 3.70. The largest absolute Gasteiger partial charge is 0.393 e. The van der Waals surface area contributed by atoms with E-state index in [0.717, 1.165) is 10.9 Å². The van der Waals surface area contributed by atoms with E-state index in [-0.39, 0.29) is 11.6 Å². The zero-order chi connectivity index (χ0) is 17.8. The summed E-state index contributed by atoms with van der Waals surface area (Å²) in [5.41, 5.74) is 2.47. The van der Waals surface area contributed by atoms with Crippen LogP contribution in [0.15, 0.2) is 36.4 Å². The number of H-pyrrole nitrogens is 1. The molecule has 3 aromatic rings. The summed E-state index contributed by atoms with van der Waals surface area (Å²) in [4.78, 5) is 0. The van der Waals surface area contributed by atoms with Gasteiger partial charge in [0, 0.05) is 18.0 Å². The Morgan fingerprint density at radius 3 is 2.68 bits per heavy atom. The van der Waals surface area contributed by atoms with Gasteiger partial charge in [0.2, 0.25) is 0 Å². The summed E-state index contributed by atoms with van der Waals surface area (Å²) in [6.45, 7) is 2.16. The first kappa shape index (κ1) is 17.1. The fourth-order valence-electron chi connectivity index (χ4n) is 2.49. The second-order valence-electron chi connectivity index (χ2n) is 5.94. The fraction of sp³-hybridized carbons (Fsp3) is 0.211. The lowest BCUT2D eigenvalue weighted by Crippen LogP contribution is -2.10. The Hall–Kier alpha value is -2.73. The van der Waals surface area contributed by atoms with Crippen molar-refractivity contribution in [3.63, 3.8) is 0 Å². The maximum atomic E-state index is 14.1. The van der Waals surface area contributed by atoms with E-state index in [1.807, 2.05) is 6.08 Å². The molecule has 0 bridgehead atoms. The first-order chi connectivity index (χ1) is 12.0. The van der Waals surface area contributed by atoms with Crippen molar-refractivity contribution in [2.45, 2.75) is 19.4 Å². The van der Waals surface area contributed by atoms with Gasteiger partial charge in [-0.2, -0.15) is 5.10 Å². The molecule has 0 aliphatic heterocycles. The van der Waals surface area contributed by atoms with E-state index in [2.05, 4.69) is 15.5 Å². The molecule has 0 radical (unpaired) electrons. The van der Waals surface area contributed by atoms with Crippen LogP contribution in [0.3, 0.4) is 0 Å². The van der Waals surface area contributed by atoms with Gasteiger partial charge in [0.05, 0.1) is 23.0 Å². The number of nitrogens with one attached hydrogen (secondary N) is 2. The molecule has 130 valence electrons. The lowest BCUT2D eigenvalue weighted by molar-refractivity contribution is 0.188. The van der Waals surface area contributed by atoms with Crippen LogP contribution in [0, 0.1) is 11.6 Å². The van der Waals surface area contributed by atoms with E-state index in [4.69, 9.17) is 0 Å². The first-order valence-corrected chi connectivity index (χ1v) is 8.06. The number of nitrogens with zero attached hydrogens (tertiary/aromatic N) is 1. The third-order valence-corrected chi connectivity index (χ3v) is 3.86. The summed E-state index contributed by atoms with van der Waals surface area (Å²) < 4.78 is 27.1. The second-order valence-corrected chi connectivity index (χ2v) is 5.94. The highest BCUT2D eigenvalue weighted by molar-refractivity contribution is 5.91. The van der Waals surface area contributed by atoms with Crippen LogP contribution in [0.1, 0.15) is 24.6 Å². The van der Waals surface area contributed by atoms with Crippen LogP contribution in [0.25, 0.3) is 23.1 Å². The van der Waals surface area contributed by atoms with Crippen molar-refractivity contribution in [2.24, 2.45) is 0 Å². The number of aromatic amines is 1. The number of hydrogen-bond acceptors (Lipinski definition) is 3. The van der Waals surface area contributed by atoms with Gasteiger partial charge in [0.25, 0.3) is 0 Å². The number of aromatic nitrogens is 2. The highest BCUT2D eigenvalue weighted by Crippen LogP contribution is 2.25. The van der Waals surface area contributed by atoms with Gasteiger partial charge in [-0.25, -0.2) is 8.78 Å². The Kier molecular flexibility index (Phi) is 5.09. The monoisotopic (exact) mass is 343 g/mol. The van der Waals surface area contributed by atoms with Crippen molar-refractivity contribution in [3.8, 4) is 0 Å². The molecule has 3 N–H and O–H groups in total. The number of anilines is 1. The van der Waals surface area contributed by atoms with E-state index in [1.54, 1.807) is 31.2 Å². The molecule has 1 heterocycles. The van der Waals surface area contributed by atoms with Gasteiger partial charge in [-0.15, -0.1) is 0 Å². The standard InChI is InChI=1S/C19H19F2N3O/c1-12(25)8-9-22-19-10-15-17(23-24-18(15)11-16(19)21)7-4-13-2-5-14(20)6-3-13/h2-7,10-12,22,25H,8-9H2,1H3,(H,23,24). The van der Waals surface area contributed by atoms with Crippen LogP contribution in [-0.2, 0) is 0 Å². The fourth-order valence-corrected chi connectivity index (χ4v) is 2.49. The van der Waals surface area contributed by atoms with Gasteiger partial charge >= 0.3 is 0 Å². The normalized spacial score (nSPS) is 12.8. The number of fused-ring (bicyclic) bond motifs is 1. The predicted octanol–water partition coefficient (Wildman–Crippen LogP) is 4.19. The molecule has 1 aromatic heterocycles. The van der Waals surface area contributed by atoms with Crippen molar-refractivity contribution in [2.75, 3.05) is 11.9 Å². The highest BCUT2D eigenvalue weighted by Gasteiger charge is 2.09. The van der Waals surface area contributed by atoms with Crippen LogP contribution in [0.4, 0.5) is 14.5 Å². The molecule has 25 heavy (non-hydrogen) atoms. The van der Waals surface area contributed by atoms with Gasteiger partial charge in [0.15, 0.2) is 0 Å². The van der Waals surface area contributed by atoms with Crippen LogP contribution in [-0.4, -0.2) is 28.0 Å². The molecule has 0 amide bonds. The molecule has 0 spiro atoms. The molecular weight excluding hydrogens is 324 g/mol. The summed E-state index contributed by atoms with van der Waals surface area (Å²) in [5.74, 6) is -0.665. The Bertz CT molecular complexity index is 886. The molecule has 1 unspecified atom stereocenters. The SMILES string of the molecule is CC(O)CCNc1cc2c(C=Cc3ccc(F)cc3)n[nH]c2cc1F. The van der Waals surface area contributed by atoms with E-state index < -0.39 is 6.10 Å². The third-order valence-electron chi connectivity index (χ3n) is 3.86. The molecular formula is C19H19F2N3O. The van der Waals surface area contributed by atoms with E-state index in [9.17, 15) is 13.9 Å². The van der Waals surface area contributed by atoms with Crippen LogP contribution in [0.2, 0.25) is 0 Å². The molecule has 1 atom stereocenters. The number of rotatable bonds is 6. The molecule has 3 rings (SSSR count). The maximum absolute atomic E-state index is 14.1. The maximum Gasteiger partial charge on any atom is 0.148 e. The number of hydrogen-bond donors (Lipinski definition) is 3. The average molecular weight is 343 g/mol. The van der Waals surface area contributed by atoms with Gasteiger partial charge in [-0.3, -0.25) is 5.10 Å². The van der Waals surface area contributed by atoms with E-state index in [0.29, 0.717) is 29.9 Å². The Morgan fingerprint density at radius 2 is 1.96 bits per heavy atom. The molecule has 0 fully saturated rings. The lowest BCUT2D eigenvalue weighted by atomic mass is 10.1. The summed E-state index contributed by atoms with van der Waals surface area (Å²) in [7, 11) is 0. The second kappa shape index (κ2) is 7.44. The topological polar surface area (TPSA) is 60.9 Å². The van der Waals surface area contributed by atoms with Gasteiger partial charge < -0.3 is 10.4 Å². The summed E-state index contributed by atoms with van der Waals surface area (Å²) in [6, 6.07) is 9.21. The number of aliphatic hydroxyl groups is 1. The van der Waals surface area contributed by atoms with Crippen LogP contribution in [0.5, 0.6) is 0 Å². The minimum absolute atomic E-state index is 0.286. The van der Waals surface area contributed by atoms with Gasteiger partial charge in [-0.05, 0) is 43.2 Å². The number of aliphatic hydroxyl groups excluding tert-OH is 1. The Labute approximate surface area is 144 Å². The highest BCUT2D eigenvalue weighted by atomic mass is 19.1. The zero-order valence-electron chi connectivity index (χ0n) is 13.8. The predicted molar refractivity (Wildman–Crippen MR) is 96.2 cm³/mol. The minimum atomic E-state index is -0.442. The molecule has 2 aromatic carbocycles. The molecule has 0 aliphatic rings. The minimum Gasteiger partial charge on any atom is -0.393 e. The Balaban J connectivity index is 1.84. The number of benzene rings is 2. The van der Waals surface area contributed by atoms with Crippen LogP contribution >= 0.6 is 0 Å². The van der Waals surface area contributed by atoms with E-state index in [1.165, 1.54) is 18.2 Å². The smallest absolute Gasteiger partial charge is 0.148 e. The van der Waals surface area contributed by atoms with Crippen LogP contribution < -0.4 is 5.32 Å². The molecule has 6 heteroatoms. The van der Waals surface area contributed by atoms with Crippen molar-refractivity contribution in [3.05, 3.63) is 59.3 Å². The number of halogens is 2. The summed E-state index contributed by atoms with van der Waals surface area (Å²) in [5, 5.41) is 20.1. The molecule has 0 saturated carbocycles. The summed E-state index contributed by atoms with van der Waals surface area (Å²) >= 11 is 0. The van der Waals surface area contributed by atoms with Crippen molar-refractivity contribution in [1.29, 1.82) is 0 Å². The molecule has 4 nitrogen and oxygen atoms in total. The zero-order valence-corrected chi connectivity index (χ0v) is 13.8. The quantitative estimate of drug-likeness (QED) is 0.629. The average Bonchev–Trinajstić information content (AvgIpc) is 2.96. The van der Waals surface area contributed by atoms with Crippen molar-refractivity contribution in [1.82, 2.24) is 10.2 Å². The molecule has 0 saturated heterocycles. The third kappa shape index (κ3) is 4.22. The Morgan fingerprint density at radius 1 is 1.20 bits per heavy atom. The first-order valence-electron chi connectivity index (χ1n) is 8.06. The van der Waals surface area contributed by atoms with Crippen molar-refractivity contribution < 1.29 is 13.9 Å². The van der Waals surface area contributed by atoms with E-state index >= 15 is 0 Å². The van der Waals surface area contributed by atoms with Crippen molar-refractivity contribution >= 4 is 28.7 Å². The molecule has 0 aliphatic carbocycles. The van der Waals surface area contributed by atoms with Gasteiger partial charge in [-0.1, -0.05) is 18.2 Å². The lowest BCUT2D eigenvalue weighted by Gasteiger charge is -2.09.